The summed E-state index contributed by atoms with van der Waals surface area (Å²) in [6.45, 7) is 0.346. The van der Waals surface area contributed by atoms with Crippen molar-refractivity contribution in [1.82, 2.24) is 5.32 Å². The van der Waals surface area contributed by atoms with Gasteiger partial charge in [-0.25, -0.2) is 8.78 Å². The summed E-state index contributed by atoms with van der Waals surface area (Å²) in [7, 11) is 1.80. The topological polar surface area (TPSA) is 45.0 Å². The summed E-state index contributed by atoms with van der Waals surface area (Å²) in [5, 5.41) is 12.4. The quantitative estimate of drug-likeness (QED) is 0.901. The maximum absolute atomic E-state index is 13.0. The van der Waals surface area contributed by atoms with Crippen molar-refractivity contribution in [2.24, 2.45) is 5.92 Å². The van der Waals surface area contributed by atoms with E-state index in [2.05, 4.69) is 11.4 Å². The van der Waals surface area contributed by atoms with Crippen LogP contribution in [0, 0.1) is 28.9 Å². The minimum Gasteiger partial charge on any atom is -0.493 e. The van der Waals surface area contributed by atoms with Crippen LogP contribution in [0.2, 0.25) is 0 Å². The van der Waals surface area contributed by atoms with Crippen LogP contribution in [0.15, 0.2) is 18.2 Å². The van der Waals surface area contributed by atoms with Crippen LogP contribution in [0.3, 0.4) is 0 Å². The summed E-state index contributed by atoms with van der Waals surface area (Å²) < 4.78 is 31.4. The highest BCUT2D eigenvalue weighted by molar-refractivity contribution is 5.23. The van der Waals surface area contributed by atoms with Crippen LogP contribution in [0.25, 0.3) is 0 Å². The molecular formula is C15H18F2N2O. The van der Waals surface area contributed by atoms with Crippen LogP contribution in [0.1, 0.15) is 25.7 Å². The van der Waals surface area contributed by atoms with E-state index in [1.165, 1.54) is 0 Å². The van der Waals surface area contributed by atoms with Gasteiger partial charge in [0.2, 0.25) is 0 Å². The molecule has 1 aliphatic rings. The molecule has 5 heteroatoms. The normalized spacial score (nSPS) is 25.4. The number of rotatable bonds is 5. The Bertz CT molecular complexity index is 495. The lowest BCUT2D eigenvalue weighted by atomic mass is 9.86. The fourth-order valence-corrected chi connectivity index (χ4v) is 2.93. The first-order valence-corrected chi connectivity index (χ1v) is 6.79. The SMILES string of the molecule is CNC1(C#N)CCCC1CCOc1cc(F)cc(F)c1. The highest BCUT2D eigenvalue weighted by Gasteiger charge is 2.41. The summed E-state index contributed by atoms with van der Waals surface area (Å²) in [4.78, 5) is 0. The maximum atomic E-state index is 13.0. The molecule has 3 nitrogen and oxygen atoms in total. The first kappa shape index (κ1) is 14.7. The lowest BCUT2D eigenvalue weighted by molar-refractivity contribution is 0.238. The number of benzene rings is 1. The van der Waals surface area contributed by atoms with Gasteiger partial charge in [0.1, 0.15) is 22.9 Å². The third kappa shape index (κ3) is 3.07. The van der Waals surface area contributed by atoms with Crippen LogP contribution in [-0.2, 0) is 0 Å². The molecule has 0 saturated heterocycles. The molecular weight excluding hydrogens is 262 g/mol. The van der Waals surface area contributed by atoms with Crippen molar-refractivity contribution in [3.05, 3.63) is 29.8 Å². The first-order valence-electron chi connectivity index (χ1n) is 6.79. The van der Waals surface area contributed by atoms with Gasteiger partial charge in [-0.1, -0.05) is 6.42 Å². The van der Waals surface area contributed by atoms with Gasteiger partial charge in [0.05, 0.1) is 12.7 Å². The van der Waals surface area contributed by atoms with Crippen molar-refractivity contribution in [3.8, 4) is 11.8 Å². The summed E-state index contributed by atoms with van der Waals surface area (Å²) >= 11 is 0. The molecule has 0 bridgehead atoms. The minimum atomic E-state index is -0.650. The van der Waals surface area contributed by atoms with E-state index in [1.54, 1.807) is 7.05 Å². The van der Waals surface area contributed by atoms with Gasteiger partial charge in [0.15, 0.2) is 0 Å². The van der Waals surface area contributed by atoms with E-state index in [1.807, 2.05) is 0 Å². The van der Waals surface area contributed by atoms with Gasteiger partial charge in [0, 0.05) is 18.2 Å². The maximum Gasteiger partial charge on any atom is 0.129 e. The number of nitrogens with one attached hydrogen (secondary N) is 1. The Morgan fingerprint density at radius 3 is 2.70 bits per heavy atom. The van der Waals surface area contributed by atoms with Crippen molar-refractivity contribution in [3.63, 3.8) is 0 Å². The van der Waals surface area contributed by atoms with Crippen LogP contribution in [-0.4, -0.2) is 19.2 Å². The Morgan fingerprint density at radius 2 is 2.10 bits per heavy atom. The van der Waals surface area contributed by atoms with Crippen LogP contribution in [0.5, 0.6) is 5.75 Å². The lowest BCUT2D eigenvalue weighted by Crippen LogP contribution is -2.45. The third-order valence-electron chi connectivity index (χ3n) is 4.04. The summed E-state index contributed by atoms with van der Waals surface area (Å²) in [6, 6.07) is 5.49. The highest BCUT2D eigenvalue weighted by atomic mass is 19.1. The summed E-state index contributed by atoms with van der Waals surface area (Å²) in [6.07, 6.45) is 3.49. The molecule has 2 unspecified atom stereocenters. The molecule has 0 heterocycles. The van der Waals surface area contributed by atoms with Crippen LogP contribution in [0.4, 0.5) is 8.78 Å². The molecule has 1 saturated carbocycles. The van der Waals surface area contributed by atoms with Crippen molar-refractivity contribution in [2.45, 2.75) is 31.2 Å². The molecule has 2 rings (SSSR count). The van der Waals surface area contributed by atoms with E-state index in [9.17, 15) is 14.0 Å². The second-order valence-electron chi connectivity index (χ2n) is 5.16. The average Bonchev–Trinajstić information content (AvgIpc) is 2.81. The van der Waals surface area contributed by atoms with E-state index in [-0.39, 0.29) is 11.7 Å². The Morgan fingerprint density at radius 1 is 1.40 bits per heavy atom. The van der Waals surface area contributed by atoms with Crippen molar-refractivity contribution in [2.75, 3.05) is 13.7 Å². The van der Waals surface area contributed by atoms with Gasteiger partial charge in [-0.15, -0.1) is 0 Å². The van der Waals surface area contributed by atoms with Gasteiger partial charge in [0.25, 0.3) is 0 Å². The smallest absolute Gasteiger partial charge is 0.129 e. The molecule has 2 atom stereocenters. The highest BCUT2D eigenvalue weighted by Crippen LogP contribution is 2.37. The van der Waals surface area contributed by atoms with Crippen LogP contribution < -0.4 is 10.1 Å². The second kappa shape index (κ2) is 6.19. The number of halogens is 2. The molecule has 0 amide bonds. The average molecular weight is 280 g/mol. The van der Waals surface area contributed by atoms with E-state index >= 15 is 0 Å². The first-order chi connectivity index (χ1) is 9.59. The predicted molar refractivity (Wildman–Crippen MR) is 71.2 cm³/mol. The molecule has 108 valence electrons. The number of nitriles is 1. The number of hydrogen-bond donors (Lipinski definition) is 1. The molecule has 0 spiro atoms. The molecule has 20 heavy (non-hydrogen) atoms. The van der Waals surface area contributed by atoms with E-state index in [4.69, 9.17) is 4.74 Å². The van der Waals surface area contributed by atoms with Gasteiger partial charge in [-0.3, -0.25) is 0 Å². The van der Waals surface area contributed by atoms with E-state index in [0.29, 0.717) is 13.0 Å². The van der Waals surface area contributed by atoms with E-state index in [0.717, 1.165) is 37.5 Å². The van der Waals surface area contributed by atoms with Crippen molar-refractivity contribution < 1.29 is 13.5 Å². The molecule has 0 radical (unpaired) electrons. The van der Waals surface area contributed by atoms with Gasteiger partial charge in [-0.2, -0.15) is 5.26 Å². The lowest BCUT2D eigenvalue weighted by Gasteiger charge is -2.28. The Balaban J connectivity index is 1.91. The van der Waals surface area contributed by atoms with Crippen LogP contribution >= 0.6 is 0 Å². The fraction of sp³-hybridized carbons (Fsp3) is 0.533. The Kier molecular flexibility index (Phi) is 4.56. The molecule has 0 aliphatic heterocycles. The van der Waals surface area contributed by atoms with Gasteiger partial charge in [-0.05, 0) is 32.2 Å². The van der Waals surface area contributed by atoms with Crippen molar-refractivity contribution in [1.29, 1.82) is 5.26 Å². The molecule has 1 aromatic carbocycles. The zero-order valence-electron chi connectivity index (χ0n) is 11.5. The zero-order chi connectivity index (χ0) is 14.6. The number of nitrogens with zero attached hydrogens (tertiary/aromatic N) is 1. The monoisotopic (exact) mass is 280 g/mol. The predicted octanol–water partition coefficient (Wildman–Crippen LogP) is 3.02. The molecule has 1 N–H and O–H groups in total. The second-order valence-corrected chi connectivity index (χ2v) is 5.16. The number of ether oxygens (including phenoxy) is 1. The Hall–Kier alpha value is -1.67. The Labute approximate surface area is 117 Å². The molecule has 1 aromatic rings. The zero-order valence-corrected chi connectivity index (χ0v) is 11.5. The summed E-state index contributed by atoms with van der Waals surface area (Å²) in [5.41, 5.74) is -0.490. The minimum absolute atomic E-state index is 0.188. The van der Waals surface area contributed by atoms with Crippen molar-refractivity contribution >= 4 is 0 Å². The standard InChI is InChI=1S/C15H18F2N2O/c1-19-15(10-18)5-2-3-11(15)4-6-20-14-8-12(16)7-13(17)9-14/h7-9,11,19H,2-6H2,1H3. The summed E-state index contributed by atoms with van der Waals surface area (Å²) in [5.74, 6) is -0.909. The molecule has 1 fully saturated rings. The fourth-order valence-electron chi connectivity index (χ4n) is 2.93. The van der Waals surface area contributed by atoms with Gasteiger partial charge >= 0.3 is 0 Å². The molecule has 0 aromatic heterocycles. The number of hydrogen-bond acceptors (Lipinski definition) is 3. The molecule has 1 aliphatic carbocycles. The van der Waals surface area contributed by atoms with Gasteiger partial charge < -0.3 is 10.1 Å². The largest absolute Gasteiger partial charge is 0.493 e. The third-order valence-corrected chi connectivity index (χ3v) is 4.04. The van der Waals surface area contributed by atoms with E-state index < -0.39 is 17.2 Å².